The first-order valence-electron chi connectivity index (χ1n) is 10.5. The van der Waals surface area contributed by atoms with E-state index in [9.17, 15) is 4.79 Å². The number of aromatic nitrogens is 2. The molecule has 7 nitrogen and oxygen atoms in total. The number of thioether (sulfide) groups is 1. The summed E-state index contributed by atoms with van der Waals surface area (Å²) < 4.78 is 11.1. The van der Waals surface area contributed by atoms with E-state index >= 15 is 0 Å². The zero-order chi connectivity index (χ0) is 21.5. The van der Waals surface area contributed by atoms with Gasteiger partial charge < -0.3 is 20.1 Å². The number of ether oxygens (including phenoxy) is 2. The molecule has 1 aromatic heterocycles. The van der Waals surface area contributed by atoms with Gasteiger partial charge in [0.2, 0.25) is 5.91 Å². The van der Waals surface area contributed by atoms with Crippen molar-refractivity contribution in [3.05, 3.63) is 48.5 Å². The number of para-hydroxylation sites is 1. The first kappa shape index (κ1) is 21.4. The molecule has 1 amide bonds. The Kier molecular flexibility index (Phi) is 7.22. The maximum atomic E-state index is 12.4. The second-order valence-corrected chi connectivity index (χ2v) is 8.12. The zero-order valence-electron chi connectivity index (χ0n) is 17.5. The minimum absolute atomic E-state index is 0.111. The average Bonchev–Trinajstić information content (AvgIpc) is 3.31. The predicted molar refractivity (Wildman–Crippen MR) is 124 cm³/mol. The molecule has 162 valence electrons. The highest BCUT2D eigenvalue weighted by Crippen LogP contribution is 2.25. The lowest BCUT2D eigenvalue weighted by Gasteiger charge is -2.14. The summed E-state index contributed by atoms with van der Waals surface area (Å²) in [5, 5.41) is 7.83. The van der Waals surface area contributed by atoms with Crippen molar-refractivity contribution < 1.29 is 14.3 Å². The average molecular weight is 439 g/mol. The van der Waals surface area contributed by atoms with Gasteiger partial charge in [-0.3, -0.25) is 4.79 Å². The van der Waals surface area contributed by atoms with Crippen LogP contribution < -0.4 is 15.4 Å². The van der Waals surface area contributed by atoms with Crippen molar-refractivity contribution in [3.63, 3.8) is 0 Å². The van der Waals surface area contributed by atoms with Gasteiger partial charge in [-0.15, -0.1) is 0 Å². The van der Waals surface area contributed by atoms with Gasteiger partial charge in [0.05, 0.1) is 24.0 Å². The van der Waals surface area contributed by atoms with Crippen LogP contribution in [0.3, 0.4) is 0 Å². The summed E-state index contributed by atoms with van der Waals surface area (Å²) in [5.74, 6) is 1.66. The number of benzene rings is 2. The van der Waals surface area contributed by atoms with Crippen LogP contribution in [0.15, 0.2) is 53.7 Å². The number of hydrogen-bond acceptors (Lipinski definition) is 7. The molecule has 31 heavy (non-hydrogen) atoms. The molecular formula is C23H26N4O3S. The molecule has 8 heteroatoms. The van der Waals surface area contributed by atoms with Crippen LogP contribution in [-0.4, -0.2) is 47.5 Å². The van der Waals surface area contributed by atoms with Gasteiger partial charge in [0.15, 0.2) is 5.16 Å². The van der Waals surface area contributed by atoms with Crippen LogP contribution in [0.5, 0.6) is 5.75 Å². The summed E-state index contributed by atoms with van der Waals surface area (Å²) in [6.07, 6.45) is 2.37. The quantitative estimate of drug-likeness (QED) is 0.379. The number of hydrogen-bond donors (Lipinski definition) is 2. The Balaban J connectivity index is 1.39. The number of carbonyl (C=O) groups is 1. The van der Waals surface area contributed by atoms with Crippen molar-refractivity contribution in [2.75, 3.05) is 36.1 Å². The highest BCUT2D eigenvalue weighted by atomic mass is 32.2. The van der Waals surface area contributed by atoms with Crippen LogP contribution in [0.4, 0.5) is 11.5 Å². The first-order valence-corrected chi connectivity index (χ1v) is 11.5. The fourth-order valence-electron chi connectivity index (χ4n) is 3.40. The number of fused-ring (bicyclic) bond motifs is 1. The van der Waals surface area contributed by atoms with Crippen molar-refractivity contribution >= 4 is 40.1 Å². The maximum absolute atomic E-state index is 12.4. The summed E-state index contributed by atoms with van der Waals surface area (Å²) in [7, 11) is 0. The normalized spacial score (nSPS) is 15.7. The number of amides is 1. The second-order valence-electron chi connectivity index (χ2n) is 7.18. The topological polar surface area (TPSA) is 85.4 Å². The highest BCUT2D eigenvalue weighted by Gasteiger charge is 2.16. The second kappa shape index (κ2) is 10.5. The van der Waals surface area contributed by atoms with Gasteiger partial charge in [-0.1, -0.05) is 23.9 Å². The molecule has 2 aromatic carbocycles. The Morgan fingerprint density at radius 1 is 1.19 bits per heavy atom. The molecule has 1 aliphatic rings. The molecule has 0 bridgehead atoms. The Morgan fingerprint density at radius 3 is 2.81 bits per heavy atom. The lowest BCUT2D eigenvalue weighted by atomic mass is 10.2. The van der Waals surface area contributed by atoms with E-state index in [1.54, 1.807) is 0 Å². The molecule has 0 aliphatic carbocycles. The van der Waals surface area contributed by atoms with Crippen LogP contribution in [0.2, 0.25) is 0 Å². The summed E-state index contributed by atoms with van der Waals surface area (Å²) in [5.41, 5.74) is 1.58. The lowest BCUT2D eigenvalue weighted by molar-refractivity contribution is -0.113. The van der Waals surface area contributed by atoms with E-state index in [2.05, 4.69) is 20.6 Å². The number of carbonyl (C=O) groups excluding carboxylic acids is 1. The summed E-state index contributed by atoms with van der Waals surface area (Å²) in [6.45, 7) is 4.08. The van der Waals surface area contributed by atoms with Gasteiger partial charge in [-0.05, 0) is 56.2 Å². The monoisotopic (exact) mass is 438 g/mol. The van der Waals surface area contributed by atoms with E-state index in [0.717, 1.165) is 47.6 Å². The number of rotatable bonds is 9. The van der Waals surface area contributed by atoms with Gasteiger partial charge in [0, 0.05) is 24.2 Å². The van der Waals surface area contributed by atoms with Crippen molar-refractivity contribution in [2.24, 2.45) is 0 Å². The Hall–Kier alpha value is -2.84. The molecule has 0 saturated carbocycles. The third-order valence-corrected chi connectivity index (χ3v) is 5.73. The Labute approximate surface area is 185 Å². The minimum atomic E-state index is -0.111. The number of nitrogens with one attached hydrogen (secondary N) is 2. The molecule has 3 aromatic rings. The zero-order valence-corrected chi connectivity index (χ0v) is 18.3. The fourth-order valence-corrected chi connectivity index (χ4v) is 4.05. The molecule has 1 unspecified atom stereocenters. The fraction of sp³-hybridized carbons (Fsp3) is 0.348. The van der Waals surface area contributed by atoms with E-state index in [-0.39, 0.29) is 17.8 Å². The van der Waals surface area contributed by atoms with Gasteiger partial charge in [-0.25, -0.2) is 9.97 Å². The van der Waals surface area contributed by atoms with E-state index in [1.165, 1.54) is 11.8 Å². The maximum Gasteiger partial charge on any atom is 0.234 e. The predicted octanol–water partition coefficient (Wildman–Crippen LogP) is 4.35. The summed E-state index contributed by atoms with van der Waals surface area (Å²) >= 11 is 1.32. The van der Waals surface area contributed by atoms with Crippen LogP contribution >= 0.6 is 11.8 Å². The molecule has 0 spiro atoms. The van der Waals surface area contributed by atoms with E-state index in [1.807, 2.05) is 55.5 Å². The lowest BCUT2D eigenvalue weighted by Crippen LogP contribution is -2.19. The highest BCUT2D eigenvalue weighted by molar-refractivity contribution is 7.99. The van der Waals surface area contributed by atoms with E-state index < -0.39 is 0 Å². The minimum Gasteiger partial charge on any atom is -0.494 e. The van der Waals surface area contributed by atoms with Gasteiger partial charge >= 0.3 is 0 Å². The van der Waals surface area contributed by atoms with Gasteiger partial charge in [-0.2, -0.15) is 0 Å². The molecular weight excluding hydrogens is 412 g/mol. The molecule has 2 heterocycles. The third kappa shape index (κ3) is 5.86. The van der Waals surface area contributed by atoms with E-state index in [4.69, 9.17) is 9.47 Å². The van der Waals surface area contributed by atoms with Crippen molar-refractivity contribution in [1.82, 2.24) is 9.97 Å². The SMILES string of the molecule is CCOc1ccc(NC(=O)CSc2nc(NCC3CCCO3)c3ccccc3n2)cc1. The summed E-state index contributed by atoms with van der Waals surface area (Å²) in [4.78, 5) is 21.7. The molecule has 1 aliphatic heterocycles. The van der Waals surface area contributed by atoms with Crippen molar-refractivity contribution in [1.29, 1.82) is 0 Å². The van der Waals surface area contributed by atoms with Crippen LogP contribution in [-0.2, 0) is 9.53 Å². The summed E-state index contributed by atoms with van der Waals surface area (Å²) in [6, 6.07) is 15.2. The largest absolute Gasteiger partial charge is 0.494 e. The van der Waals surface area contributed by atoms with Crippen molar-refractivity contribution in [3.8, 4) is 5.75 Å². The molecule has 1 atom stereocenters. The molecule has 1 saturated heterocycles. The molecule has 1 fully saturated rings. The number of nitrogens with zero attached hydrogens (tertiary/aromatic N) is 2. The number of anilines is 2. The molecule has 0 radical (unpaired) electrons. The van der Waals surface area contributed by atoms with E-state index in [0.29, 0.717) is 18.3 Å². The van der Waals surface area contributed by atoms with Crippen LogP contribution in [0, 0.1) is 0 Å². The standard InChI is InChI=1S/C23H26N4O3S/c1-2-29-17-11-9-16(10-12-17)25-21(28)15-31-23-26-20-8-4-3-7-19(20)22(27-23)24-14-18-6-5-13-30-18/h3-4,7-12,18H,2,5-6,13-15H2,1H3,(H,25,28)(H,24,26,27). The Morgan fingerprint density at radius 2 is 2.03 bits per heavy atom. The third-order valence-electron chi connectivity index (χ3n) is 4.89. The van der Waals surface area contributed by atoms with Crippen molar-refractivity contribution in [2.45, 2.75) is 31.0 Å². The first-order chi connectivity index (χ1) is 15.2. The van der Waals surface area contributed by atoms with Crippen LogP contribution in [0.1, 0.15) is 19.8 Å². The Bertz CT molecular complexity index is 1020. The molecule has 2 N–H and O–H groups in total. The van der Waals surface area contributed by atoms with Gasteiger partial charge in [0.1, 0.15) is 11.6 Å². The van der Waals surface area contributed by atoms with Crippen LogP contribution in [0.25, 0.3) is 10.9 Å². The smallest absolute Gasteiger partial charge is 0.234 e. The van der Waals surface area contributed by atoms with Gasteiger partial charge in [0.25, 0.3) is 0 Å². The molecule has 4 rings (SSSR count).